The Kier molecular flexibility index (Phi) is 6.39. The summed E-state index contributed by atoms with van der Waals surface area (Å²) < 4.78 is 41.8. The average molecular weight is 419 g/mol. The van der Waals surface area contributed by atoms with Gasteiger partial charge in [-0.2, -0.15) is 4.31 Å². The van der Waals surface area contributed by atoms with Crippen molar-refractivity contribution in [2.24, 2.45) is 0 Å². The quantitative estimate of drug-likeness (QED) is 0.761. The van der Waals surface area contributed by atoms with Crippen molar-refractivity contribution in [3.05, 3.63) is 59.4 Å². The minimum atomic E-state index is -3.79. The zero-order valence-electron chi connectivity index (χ0n) is 17.0. The van der Waals surface area contributed by atoms with Crippen LogP contribution in [0.1, 0.15) is 61.9 Å². The molecule has 2 aromatic carbocycles. The molecule has 0 radical (unpaired) electrons. The molecule has 1 fully saturated rings. The molecule has 0 aliphatic carbocycles. The normalized spacial score (nSPS) is 18.0. The number of nitrogens with one attached hydrogen (secondary N) is 1. The monoisotopic (exact) mass is 418 g/mol. The molecule has 1 atom stereocenters. The van der Waals surface area contributed by atoms with Gasteiger partial charge >= 0.3 is 0 Å². The van der Waals surface area contributed by atoms with Crippen molar-refractivity contribution in [3.8, 4) is 0 Å². The third-order valence-electron chi connectivity index (χ3n) is 5.37. The highest BCUT2D eigenvalue weighted by Crippen LogP contribution is 2.26. The summed E-state index contributed by atoms with van der Waals surface area (Å²) in [5.41, 5.74) is 1.36. The van der Waals surface area contributed by atoms with Crippen LogP contribution in [0.4, 0.5) is 10.1 Å². The molecule has 1 unspecified atom stereocenters. The summed E-state index contributed by atoms with van der Waals surface area (Å²) in [5, 5.41) is 2.64. The standard InChI is InChI=1S/C22H27FN2O3S/c1-15(2)17-7-9-18(10-8-17)24-22(26)20-14-19(11-12-21(20)23)29(27,28)25-13-5-4-6-16(25)3/h7-12,14-16H,4-6,13H2,1-3H3,(H,24,26). The number of rotatable bonds is 5. The maximum atomic E-state index is 14.3. The molecule has 156 valence electrons. The first-order valence-electron chi connectivity index (χ1n) is 9.93. The molecular formula is C22H27FN2O3S. The number of nitrogens with zero attached hydrogens (tertiary/aromatic N) is 1. The Bertz CT molecular complexity index is 988. The number of sulfonamides is 1. The number of carbonyl (C=O) groups is 1. The van der Waals surface area contributed by atoms with Crippen LogP contribution in [0, 0.1) is 5.82 Å². The van der Waals surface area contributed by atoms with E-state index in [1.54, 1.807) is 12.1 Å². The topological polar surface area (TPSA) is 66.5 Å². The fraction of sp³-hybridized carbons (Fsp3) is 0.409. The van der Waals surface area contributed by atoms with E-state index in [1.165, 1.54) is 10.4 Å². The molecule has 1 aliphatic rings. The van der Waals surface area contributed by atoms with Gasteiger partial charge in [0.05, 0.1) is 10.5 Å². The minimum Gasteiger partial charge on any atom is -0.322 e. The molecule has 1 aliphatic heterocycles. The molecule has 29 heavy (non-hydrogen) atoms. The van der Waals surface area contributed by atoms with Gasteiger partial charge in [0.15, 0.2) is 0 Å². The largest absolute Gasteiger partial charge is 0.322 e. The van der Waals surface area contributed by atoms with Crippen LogP contribution in [0.15, 0.2) is 47.4 Å². The lowest BCUT2D eigenvalue weighted by molar-refractivity contribution is 0.102. The van der Waals surface area contributed by atoms with E-state index in [0.717, 1.165) is 37.0 Å². The second-order valence-corrected chi connectivity index (χ2v) is 9.72. The van der Waals surface area contributed by atoms with Gasteiger partial charge in [0, 0.05) is 18.3 Å². The SMILES string of the molecule is CC(C)c1ccc(NC(=O)c2cc(S(=O)(=O)N3CCCCC3C)ccc2F)cc1. The van der Waals surface area contributed by atoms with E-state index in [2.05, 4.69) is 19.2 Å². The molecule has 0 spiro atoms. The van der Waals surface area contributed by atoms with Crippen LogP contribution >= 0.6 is 0 Å². The molecular weight excluding hydrogens is 391 g/mol. The van der Waals surface area contributed by atoms with Gasteiger partial charge in [0.2, 0.25) is 10.0 Å². The summed E-state index contributed by atoms with van der Waals surface area (Å²) in [6.45, 7) is 6.44. The summed E-state index contributed by atoms with van der Waals surface area (Å²) in [6.07, 6.45) is 2.57. The Labute approximate surface area is 172 Å². The van der Waals surface area contributed by atoms with Gasteiger partial charge in [-0.25, -0.2) is 12.8 Å². The molecule has 0 saturated carbocycles. The lowest BCUT2D eigenvalue weighted by atomic mass is 10.0. The van der Waals surface area contributed by atoms with Crippen molar-refractivity contribution >= 4 is 21.6 Å². The second-order valence-electron chi connectivity index (χ2n) is 7.83. The van der Waals surface area contributed by atoms with Crippen molar-refractivity contribution in [1.29, 1.82) is 0 Å². The summed E-state index contributed by atoms with van der Waals surface area (Å²) in [6, 6.07) is 10.6. The Morgan fingerprint density at radius 2 is 1.83 bits per heavy atom. The molecule has 1 amide bonds. The van der Waals surface area contributed by atoms with E-state index in [1.807, 2.05) is 19.1 Å². The number of halogens is 1. The molecule has 1 heterocycles. The lowest BCUT2D eigenvalue weighted by Gasteiger charge is -2.32. The van der Waals surface area contributed by atoms with Crippen molar-refractivity contribution in [3.63, 3.8) is 0 Å². The van der Waals surface area contributed by atoms with Gasteiger partial charge in [0.1, 0.15) is 5.82 Å². The number of piperidine rings is 1. The van der Waals surface area contributed by atoms with Crippen LogP contribution in [0.3, 0.4) is 0 Å². The summed E-state index contributed by atoms with van der Waals surface area (Å²) in [4.78, 5) is 12.6. The minimum absolute atomic E-state index is 0.0621. The van der Waals surface area contributed by atoms with E-state index in [4.69, 9.17) is 0 Å². The first kappa shape index (κ1) is 21.5. The van der Waals surface area contributed by atoms with Gasteiger partial charge in [-0.15, -0.1) is 0 Å². The first-order valence-corrected chi connectivity index (χ1v) is 11.4. The maximum absolute atomic E-state index is 14.3. The number of benzene rings is 2. The van der Waals surface area contributed by atoms with E-state index in [0.29, 0.717) is 18.2 Å². The Balaban J connectivity index is 1.85. The highest BCUT2D eigenvalue weighted by atomic mass is 32.2. The fourth-order valence-corrected chi connectivity index (χ4v) is 5.28. The zero-order chi connectivity index (χ0) is 21.2. The Morgan fingerprint density at radius 1 is 1.14 bits per heavy atom. The van der Waals surface area contributed by atoms with Gasteiger partial charge in [-0.05, 0) is 61.6 Å². The van der Waals surface area contributed by atoms with Crippen LogP contribution in [0.25, 0.3) is 0 Å². The summed E-state index contributed by atoms with van der Waals surface area (Å²) in [5.74, 6) is -1.08. The summed E-state index contributed by atoms with van der Waals surface area (Å²) in [7, 11) is -3.79. The van der Waals surface area contributed by atoms with Crippen LogP contribution in [0.2, 0.25) is 0 Å². The van der Waals surface area contributed by atoms with Crippen LogP contribution in [-0.2, 0) is 10.0 Å². The smallest absolute Gasteiger partial charge is 0.258 e. The Morgan fingerprint density at radius 3 is 2.45 bits per heavy atom. The van der Waals surface area contributed by atoms with Crippen LogP contribution < -0.4 is 5.32 Å². The molecule has 3 rings (SSSR count). The fourth-order valence-electron chi connectivity index (χ4n) is 3.55. The second kappa shape index (κ2) is 8.63. The number of anilines is 1. The highest BCUT2D eigenvalue weighted by molar-refractivity contribution is 7.89. The van der Waals surface area contributed by atoms with E-state index >= 15 is 0 Å². The van der Waals surface area contributed by atoms with E-state index in [9.17, 15) is 17.6 Å². The zero-order valence-corrected chi connectivity index (χ0v) is 17.8. The number of hydrogen-bond acceptors (Lipinski definition) is 3. The van der Waals surface area contributed by atoms with Crippen molar-refractivity contribution in [1.82, 2.24) is 4.31 Å². The average Bonchev–Trinajstić information content (AvgIpc) is 2.68. The van der Waals surface area contributed by atoms with Crippen molar-refractivity contribution < 1.29 is 17.6 Å². The third kappa shape index (κ3) is 4.67. The molecule has 5 nitrogen and oxygen atoms in total. The van der Waals surface area contributed by atoms with Crippen LogP contribution in [-0.4, -0.2) is 31.2 Å². The third-order valence-corrected chi connectivity index (χ3v) is 7.38. The van der Waals surface area contributed by atoms with Crippen molar-refractivity contribution in [2.45, 2.75) is 56.9 Å². The van der Waals surface area contributed by atoms with E-state index in [-0.39, 0.29) is 16.5 Å². The summed E-state index contributed by atoms with van der Waals surface area (Å²) >= 11 is 0. The highest BCUT2D eigenvalue weighted by Gasteiger charge is 2.31. The first-order chi connectivity index (χ1) is 13.7. The molecule has 0 bridgehead atoms. The number of hydrogen-bond donors (Lipinski definition) is 1. The molecule has 0 aromatic heterocycles. The molecule has 1 saturated heterocycles. The van der Waals surface area contributed by atoms with Crippen LogP contribution in [0.5, 0.6) is 0 Å². The molecule has 2 aromatic rings. The van der Waals surface area contributed by atoms with E-state index < -0.39 is 21.7 Å². The Hall–Kier alpha value is -2.25. The maximum Gasteiger partial charge on any atom is 0.258 e. The number of amides is 1. The predicted molar refractivity (Wildman–Crippen MR) is 112 cm³/mol. The van der Waals surface area contributed by atoms with Gasteiger partial charge in [0.25, 0.3) is 5.91 Å². The molecule has 7 heteroatoms. The number of carbonyl (C=O) groups excluding carboxylic acids is 1. The van der Waals surface area contributed by atoms with Crippen molar-refractivity contribution in [2.75, 3.05) is 11.9 Å². The lowest BCUT2D eigenvalue weighted by Crippen LogP contribution is -2.42. The van der Waals surface area contributed by atoms with Gasteiger partial charge in [-0.3, -0.25) is 4.79 Å². The predicted octanol–water partition coefficient (Wildman–Crippen LogP) is 4.76. The molecule has 1 N–H and O–H groups in total. The van der Waals surface area contributed by atoms with Gasteiger partial charge < -0.3 is 5.32 Å². The van der Waals surface area contributed by atoms with Gasteiger partial charge in [-0.1, -0.05) is 32.4 Å².